The van der Waals surface area contributed by atoms with Crippen LogP contribution in [0.4, 0.5) is 16.3 Å². The Balaban J connectivity index is 1.60. The van der Waals surface area contributed by atoms with E-state index >= 15 is 0 Å². The molecule has 4 rings (SSSR count). The van der Waals surface area contributed by atoms with Gasteiger partial charge in [-0.05, 0) is 54.4 Å². The zero-order valence-electron chi connectivity index (χ0n) is 18.9. The molecule has 0 radical (unpaired) electrons. The number of hydrogen-bond acceptors (Lipinski definition) is 6. The minimum absolute atomic E-state index is 0.0975. The summed E-state index contributed by atoms with van der Waals surface area (Å²) in [6, 6.07) is 14.1. The molecule has 0 unspecified atom stereocenters. The third kappa shape index (κ3) is 5.78. The molecule has 0 bridgehead atoms. The molecule has 0 spiro atoms. The number of rotatable bonds is 6. The van der Waals surface area contributed by atoms with Gasteiger partial charge in [0.05, 0.1) is 18.3 Å². The summed E-state index contributed by atoms with van der Waals surface area (Å²) in [7, 11) is 1.47. The topological polar surface area (TPSA) is 87.1 Å². The molecule has 3 amide bonds. The van der Waals surface area contributed by atoms with Gasteiger partial charge in [0.2, 0.25) is 0 Å². The fraction of sp³-hybridized carbons (Fsp3) is 0.154. The zero-order valence-corrected chi connectivity index (χ0v) is 19.7. The Hall–Kier alpha value is -4.35. The summed E-state index contributed by atoms with van der Waals surface area (Å²) in [6.45, 7) is 1.92. The predicted octanol–water partition coefficient (Wildman–Crippen LogP) is 4.64. The van der Waals surface area contributed by atoms with E-state index in [2.05, 4.69) is 21.3 Å². The summed E-state index contributed by atoms with van der Waals surface area (Å²) in [4.78, 5) is 31.8. The lowest BCUT2D eigenvalue weighted by atomic mass is 10.1. The highest BCUT2D eigenvalue weighted by Gasteiger charge is 2.27. The average molecular weight is 488 g/mol. The van der Waals surface area contributed by atoms with Crippen LogP contribution in [0.25, 0.3) is 0 Å². The summed E-state index contributed by atoms with van der Waals surface area (Å²) in [5.74, 6) is 2.34. The molecule has 1 aliphatic rings. The number of terminal acetylenes is 1. The molecule has 9 heteroatoms. The summed E-state index contributed by atoms with van der Waals surface area (Å²) in [5.41, 5.74) is 1.99. The molecule has 35 heavy (non-hydrogen) atoms. The Kier molecular flexibility index (Phi) is 7.29. The number of ether oxygens (including phenoxy) is 1. The molecular weight excluding hydrogens is 466 g/mol. The van der Waals surface area contributed by atoms with E-state index in [-0.39, 0.29) is 11.4 Å². The predicted molar refractivity (Wildman–Crippen MR) is 136 cm³/mol. The number of aromatic nitrogens is 1. The summed E-state index contributed by atoms with van der Waals surface area (Å²) in [5, 5.41) is 9.46. The van der Waals surface area contributed by atoms with Crippen LogP contribution in [0.5, 0.6) is 5.75 Å². The molecule has 3 aromatic rings. The number of imide groups is 1. The molecule has 8 nitrogen and oxygen atoms in total. The van der Waals surface area contributed by atoms with Crippen molar-refractivity contribution in [3.8, 4) is 18.1 Å². The second-order valence-electron chi connectivity index (χ2n) is 7.67. The van der Waals surface area contributed by atoms with Gasteiger partial charge >= 0.3 is 6.03 Å². The number of methoxy groups -OCH3 is 1. The first-order chi connectivity index (χ1) is 17.0. The van der Waals surface area contributed by atoms with Crippen LogP contribution in [0.1, 0.15) is 27.9 Å². The van der Waals surface area contributed by atoms with Gasteiger partial charge < -0.3 is 10.1 Å². The number of nitrogens with zero attached hydrogens (tertiary/aromatic N) is 4. The van der Waals surface area contributed by atoms with Gasteiger partial charge in [-0.2, -0.15) is 5.10 Å². The van der Waals surface area contributed by atoms with E-state index in [1.54, 1.807) is 30.5 Å². The largest absolute Gasteiger partial charge is 0.497 e. The van der Waals surface area contributed by atoms with Crippen molar-refractivity contribution < 1.29 is 14.3 Å². The van der Waals surface area contributed by atoms with E-state index in [0.29, 0.717) is 22.0 Å². The lowest BCUT2D eigenvalue weighted by molar-refractivity contribution is 0.0994. The van der Waals surface area contributed by atoms with Crippen molar-refractivity contribution in [2.45, 2.75) is 6.42 Å². The number of anilines is 2. The summed E-state index contributed by atoms with van der Waals surface area (Å²) >= 11 is 5.96. The molecule has 2 aromatic carbocycles. The van der Waals surface area contributed by atoms with E-state index in [1.807, 2.05) is 17.1 Å². The highest BCUT2D eigenvalue weighted by atomic mass is 35.5. The van der Waals surface area contributed by atoms with Crippen molar-refractivity contribution in [1.29, 1.82) is 0 Å². The summed E-state index contributed by atoms with van der Waals surface area (Å²) < 4.78 is 5.25. The zero-order chi connectivity index (χ0) is 24.8. The van der Waals surface area contributed by atoms with Gasteiger partial charge in [-0.15, -0.1) is 6.42 Å². The SMILES string of the molecule is C#Cc1cc(OC)cc(C(=O)N(C(=O)Nc2ccc(C=NN3CCC3)cc2)c2ccc(Cl)cn2)c1. The number of pyridine rings is 1. The molecule has 1 saturated heterocycles. The van der Waals surface area contributed by atoms with E-state index in [0.717, 1.165) is 30.0 Å². The van der Waals surface area contributed by atoms with E-state index in [4.69, 9.17) is 22.8 Å². The van der Waals surface area contributed by atoms with Crippen molar-refractivity contribution >= 4 is 41.3 Å². The van der Waals surface area contributed by atoms with Crippen LogP contribution in [0.3, 0.4) is 0 Å². The van der Waals surface area contributed by atoms with Crippen LogP contribution in [-0.4, -0.2) is 48.3 Å². The number of carbonyl (C=O) groups is 2. The highest BCUT2D eigenvalue weighted by Crippen LogP contribution is 2.23. The van der Waals surface area contributed by atoms with Gasteiger partial charge in [0.15, 0.2) is 0 Å². The fourth-order valence-electron chi connectivity index (χ4n) is 3.25. The Morgan fingerprint density at radius 1 is 1.20 bits per heavy atom. The van der Waals surface area contributed by atoms with Crippen LogP contribution in [0, 0.1) is 12.3 Å². The molecule has 1 aliphatic heterocycles. The quantitative estimate of drug-likeness (QED) is 0.404. The number of benzene rings is 2. The smallest absolute Gasteiger partial charge is 0.334 e. The van der Waals surface area contributed by atoms with Crippen LogP contribution in [0.2, 0.25) is 5.02 Å². The molecular formula is C26H22ClN5O3. The van der Waals surface area contributed by atoms with Gasteiger partial charge in [-0.1, -0.05) is 29.7 Å². The first kappa shape index (κ1) is 23.8. The van der Waals surface area contributed by atoms with Crippen LogP contribution in [0.15, 0.2) is 65.9 Å². The Bertz CT molecular complexity index is 1300. The second-order valence-corrected chi connectivity index (χ2v) is 8.11. The van der Waals surface area contributed by atoms with E-state index < -0.39 is 11.9 Å². The monoisotopic (exact) mass is 487 g/mol. The number of hydrazone groups is 1. The van der Waals surface area contributed by atoms with Crippen LogP contribution in [-0.2, 0) is 0 Å². The van der Waals surface area contributed by atoms with Crippen LogP contribution >= 0.6 is 11.6 Å². The van der Waals surface area contributed by atoms with Crippen molar-refractivity contribution in [3.63, 3.8) is 0 Å². The number of carbonyl (C=O) groups excluding carboxylic acids is 2. The lowest BCUT2D eigenvalue weighted by Gasteiger charge is -2.27. The Morgan fingerprint density at radius 2 is 1.97 bits per heavy atom. The van der Waals surface area contributed by atoms with Gasteiger partial charge in [0, 0.05) is 36.1 Å². The number of hydrogen-bond donors (Lipinski definition) is 1. The van der Waals surface area contributed by atoms with Gasteiger partial charge in [0.25, 0.3) is 5.91 Å². The first-order valence-corrected chi connectivity index (χ1v) is 11.2. The molecule has 1 N–H and O–H groups in total. The van der Waals surface area contributed by atoms with Crippen molar-refractivity contribution in [3.05, 3.63) is 82.5 Å². The number of nitrogens with one attached hydrogen (secondary N) is 1. The maximum atomic E-state index is 13.5. The van der Waals surface area contributed by atoms with E-state index in [9.17, 15) is 9.59 Å². The first-order valence-electron chi connectivity index (χ1n) is 10.8. The standard InChI is InChI=1S/C26H22ClN5O3/c1-3-18-13-20(15-23(14-18)35-2)25(33)32(24-10-7-21(27)17-28-24)26(34)30-22-8-5-19(6-9-22)16-29-31-11-4-12-31/h1,5-10,13-17H,4,11-12H2,2H3,(H,30,34). The second kappa shape index (κ2) is 10.7. The average Bonchev–Trinajstić information content (AvgIpc) is 2.85. The Labute approximate surface area is 208 Å². The minimum Gasteiger partial charge on any atom is -0.497 e. The van der Waals surface area contributed by atoms with Crippen LogP contribution < -0.4 is 15.0 Å². The minimum atomic E-state index is -0.697. The number of amides is 3. The van der Waals surface area contributed by atoms with Crippen molar-refractivity contribution in [1.82, 2.24) is 9.99 Å². The Morgan fingerprint density at radius 3 is 2.57 bits per heavy atom. The molecule has 176 valence electrons. The third-order valence-electron chi connectivity index (χ3n) is 5.27. The molecule has 1 fully saturated rings. The van der Waals surface area contributed by atoms with Gasteiger partial charge in [0.1, 0.15) is 11.6 Å². The normalized spacial score (nSPS) is 12.5. The third-order valence-corrected chi connectivity index (χ3v) is 5.49. The van der Waals surface area contributed by atoms with Crippen molar-refractivity contribution in [2.24, 2.45) is 5.10 Å². The lowest BCUT2D eigenvalue weighted by Crippen LogP contribution is -2.40. The van der Waals surface area contributed by atoms with Gasteiger partial charge in [-0.25, -0.2) is 14.7 Å². The summed E-state index contributed by atoms with van der Waals surface area (Å²) in [6.07, 6.45) is 9.80. The molecule has 0 aliphatic carbocycles. The molecule has 2 heterocycles. The van der Waals surface area contributed by atoms with Gasteiger partial charge in [-0.3, -0.25) is 9.80 Å². The molecule has 0 atom stereocenters. The fourth-order valence-corrected chi connectivity index (χ4v) is 3.36. The molecule has 0 saturated carbocycles. The highest BCUT2D eigenvalue weighted by molar-refractivity contribution is 6.30. The van der Waals surface area contributed by atoms with E-state index in [1.165, 1.54) is 31.5 Å². The maximum absolute atomic E-state index is 13.5. The molecule has 1 aromatic heterocycles. The number of urea groups is 1. The maximum Gasteiger partial charge on any atom is 0.334 e. The van der Waals surface area contributed by atoms with Crippen molar-refractivity contribution in [2.75, 3.05) is 30.4 Å². The number of halogens is 1.